The molecule has 0 unspecified atom stereocenters. The van der Waals surface area contributed by atoms with E-state index < -0.39 is 10.9 Å². The molecular formula is C9H8ClN3O4. The zero-order valence-electron chi connectivity index (χ0n) is 8.68. The van der Waals surface area contributed by atoms with E-state index >= 15 is 0 Å². The maximum absolute atomic E-state index is 10.5. The molecule has 0 saturated heterocycles. The average molecular weight is 258 g/mol. The lowest BCUT2D eigenvalue weighted by Gasteiger charge is -2.03. The summed E-state index contributed by atoms with van der Waals surface area (Å²) in [6.07, 6.45) is 0. The van der Waals surface area contributed by atoms with Gasteiger partial charge < -0.3 is 5.11 Å². The second-order valence-corrected chi connectivity index (χ2v) is 3.44. The van der Waals surface area contributed by atoms with E-state index in [2.05, 4.69) is 10.5 Å². The van der Waals surface area contributed by atoms with Crippen molar-refractivity contribution < 1.29 is 14.8 Å². The Morgan fingerprint density at radius 2 is 2.24 bits per heavy atom. The molecule has 0 aliphatic heterocycles. The van der Waals surface area contributed by atoms with Gasteiger partial charge in [-0.25, -0.2) is 4.79 Å². The fraction of sp³-hybridized carbons (Fsp3) is 0.111. The average Bonchev–Trinajstić information content (AvgIpc) is 2.26. The van der Waals surface area contributed by atoms with E-state index in [0.717, 1.165) is 6.07 Å². The number of hydrazone groups is 1. The third kappa shape index (κ3) is 3.42. The number of carbonyl (C=O) groups is 1. The van der Waals surface area contributed by atoms with Crippen LogP contribution in [-0.4, -0.2) is 21.7 Å². The van der Waals surface area contributed by atoms with Crippen LogP contribution in [-0.2, 0) is 4.79 Å². The van der Waals surface area contributed by atoms with Crippen molar-refractivity contribution in [2.75, 3.05) is 5.43 Å². The fourth-order valence-corrected chi connectivity index (χ4v) is 1.12. The Morgan fingerprint density at radius 1 is 1.59 bits per heavy atom. The van der Waals surface area contributed by atoms with E-state index in [1.54, 1.807) is 0 Å². The molecule has 0 radical (unpaired) electrons. The van der Waals surface area contributed by atoms with E-state index in [0.29, 0.717) is 0 Å². The maximum Gasteiger partial charge on any atom is 0.351 e. The van der Waals surface area contributed by atoms with E-state index in [-0.39, 0.29) is 22.1 Å². The highest BCUT2D eigenvalue weighted by molar-refractivity contribution is 6.35. The molecule has 0 amide bonds. The van der Waals surface area contributed by atoms with Gasteiger partial charge in [0.15, 0.2) is 0 Å². The Labute approximate surface area is 101 Å². The van der Waals surface area contributed by atoms with Crippen LogP contribution in [0.1, 0.15) is 6.92 Å². The largest absolute Gasteiger partial charge is 0.477 e. The summed E-state index contributed by atoms with van der Waals surface area (Å²) < 4.78 is 0. The Morgan fingerprint density at radius 3 is 2.71 bits per heavy atom. The number of nitrogens with zero attached hydrogens (tertiary/aromatic N) is 2. The number of nitro groups is 1. The number of anilines is 1. The van der Waals surface area contributed by atoms with Gasteiger partial charge in [0, 0.05) is 12.1 Å². The molecule has 1 rings (SSSR count). The van der Waals surface area contributed by atoms with Gasteiger partial charge >= 0.3 is 5.97 Å². The molecule has 1 aromatic rings. The highest BCUT2D eigenvalue weighted by atomic mass is 35.5. The number of nitro benzene ring substituents is 1. The number of halogens is 1. The SMILES string of the molecule is C/C(=N\Nc1ccc([N+](=O)[O-])cc1Cl)C(=O)O. The van der Waals surface area contributed by atoms with Crippen LogP contribution in [0.15, 0.2) is 23.3 Å². The van der Waals surface area contributed by atoms with Crippen LogP contribution in [0.5, 0.6) is 0 Å². The predicted octanol–water partition coefficient (Wildman–Crippen LogP) is 2.12. The minimum atomic E-state index is -1.17. The third-order valence-electron chi connectivity index (χ3n) is 1.82. The Bertz CT molecular complexity index is 501. The van der Waals surface area contributed by atoms with Gasteiger partial charge in [-0.2, -0.15) is 5.10 Å². The van der Waals surface area contributed by atoms with Crippen LogP contribution in [0.4, 0.5) is 11.4 Å². The molecule has 0 atom stereocenters. The van der Waals surface area contributed by atoms with Crippen LogP contribution >= 0.6 is 11.6 Å². The molecule has 0 heterocycles. The van der Waals surface area contributed by atoms with Crippen LogP contribution in [0.25, 0.3) is 0 Å². The van der Waals surface area contributed by atoms with E-state index in [1.165, 1.54) is 19.1 Å². The number of rotatable bonds is 4. The number of non-ortho nitro benzene ring substituents is 1. The van der Waals surface area contributed by atoms with Gasteiger partial charge in [0.2, 0.25) is 0 Å². The Kier molecular flexibility index (Phi) is 4.00. The van der Waals surface area contributed by atoms with Gasteiger partial charge in [0.1, 0.15) is 5.71 Å². The summed E-state index contributed by atoms with van der Waals surface area (Å²) >= 11 is 5.75. The minimum absolute atomic E-state index is 0.0844. The molecule has 0 aromatic heterocycles. The smallest absolute Gasteiger partial charge is 0.351 e. The van der Waals surface area contributed by atoms with Gasteiger partial charge in [0.25, 0.3) is 5.69 Å². The molecule has 17 heavy (non-hydrogen) atoms. The second kappa shape index (κ2) is 5.26. The first kappa shape index (κ1) is 12.9. The first-order valence-corrected chi connectivity index (χ1v) is 4.77. The molecule has 0 aliphatic carbocycles. The summed E-state index contributed by atoms with van der Waals surface area (Å²) in [6.45, 7) is 1.30. The third-order valence-corrected chi connectivity index (χ3v) is 2.13. The molecule has 7 nitrogen and oxygen atoms in total. The highest BCUT2D eigenvalue weighted by Gasteiger charge is 2.09. The molecule has 0 spiro atoms. The van der Waals surface area contributed by atoms with Crippen molar-refractivity contribution in [1.29, 1.82) is 0 Å². The highest BCUT2D eigenvalue weighted by Crippen LogP contribution is 2.26. The summed E-state index contributed by atoms with van der Waals surface area (Å²) in [5, 5.41) is 22.6. The van der Waals surface area contributed by atoms with E-state index in [9.17, 15) is 14.9 Å². The standard InChI is InChI=1S/C9H8ClN3O4/c1-5(9(14)15)11-12-8-3-2-6(13(16)17)4-7(8)10/h2-4,12H,1H3,(H,14,15)/b11-5+. The summed E-state index contributed by atoms with van der Waals surface area (Å²) in [5.41, 5.74) is 2.40. The lowest BCUT2D eigenvalue weighted by molar-refractivity contribution is -0.384. The monoisotopic (exact) mass is 257 g/mol. The van der Waals surface area contributed by atoms with Crippen molar-refractivity contribution in [3.63, 3.8) is 0 Å². The van der Waals surface area contributed by atoms with Crippen LogP contribution in [0, 0.1) is 10.1 Å². The molecule has 0 fully saturated rings. The normalized spacial score (nSPS) is 11.1. The van der Waals surface area contributed by atoms with Crippen molar-refractivity contribution in [3.8, 4) is 0 Å². The predicted molar refractivity (Wildman–Crippen MR) is 62.5 cm³/mol. The summed E-state index contributed by atoms with van der Waals surface area (Å²) in [4.78, 5) is 20.3. The van der Waals surface area contributed by atoms with Gasteiger partial charge in [-0.15, -0.1) is 0 Å². The van der Waals surface area contributed by atoms with Crippen molar-refractivity contribution in [1.82, 2.24) is 0 Å². The topological polar surface area (TPSA) is 105 Å². The van der Waals surface area contributed by atoms with Gasteiger partial charge in [-0.05, 0) is 13.0 Å². The van der Waals surface area contributed by atoms with Crippen LogP contribution in [0.2, 0.25) is 5.02 Å². The zero-order valence-corrected chi connectivity index (χ0v) is 9.43. The summed E-state index contributed by atoms with van der Waals surface area (Å²) in [7, 11) is 0. The molecule has 2 N–H and O–H groups in total. The summed E-state index contributed by atoms with van der Waals surface area (Å²) in [6, 6.07) is 3.73. The number of carboxylic acid groups (broad SMARTS) is 1. The molecule has 8 heteroatoms. The van der Waals surface area contributed by atoms with Crippen LogP contribution < -0.4 is 5.43 Å². The molecular weight excluding hydrogens is 250 g/mol. The lowest BCUT2D eigenvalue weighted by Crippen LogP contribution is -2.10. The molecule has 0 saturated carbocycles. The number of carboxylic acids is 1. The fourth-order valence-electron chi connectivity index (χ4n) is 0.900. The maximum atomic E-state index is 10.5. The molecule has 1 aromatic carbocycles. The molecule has 90 valence electrons. The first-order valence-electron chi connectivity index (χ1n) is 4.39. The number of nitrogens with one attached hydrogen (secondary N) is 1. The van der Waals surface area contributed by atoms with E-state index in [4.69, 9.17) is 16.7 Å². The van der Waals surface area contributed by atoms with Gasteiger partial charge in [-0.3, -0.25) is 15.5 Å². The molecule has 0 aliphatic rings. The van der Waals surface area contributed by atoms with Gasteiger partial charge in [0.05, 0.1) is 15.6 Å². The van der Waals surface area contributed by atoms with E-state index in [1.807, 2.05) is 0 Å². The molecule has 0 bridgehead atoms. The quantitative estimate of drug-likeness (QED) is 0.488. The van der Waals surface area contributed by atoms with Gasteiger partial charge in [-0.1, -0.05) is 11.6 Å². The zero-order chi connectivity index (χ0) is 13.0. The first-order chi connectivity index (χ1) is 7.91. The number of aliphatic carboxylic acids is 1. The van der Waals surface area contributed by atoms with Crippen molar-refractivity contribution >= 4 is 34.7 Å². The number of hydrogen-bond donors (Lipinski definition) is 2. The lowest BCUT2D eigenvalue weighted by atomic mass is 10.3. The Balaban J connectivity index is 2.91. The van der Waals surface area contributed by atoms with Crippen LogP contribution in [0.3, 0.4) is 0 Å². The van der Waals surface area contributed by atoms with Crippen molar-refractivity contribution in [3.05, 3.63) is 33.3 Å². The minimum Gasteiger partial charge on any atom is -0.477 e. The second-order valence-electron chi connectivity index (χ2n) is 3.04. The number of hydrogen-bond acceptors (Lipinski definition) is 5. The Hall–Kier alpha value is -2.15. The number of benzene rings is 1. The van der Waals surface area contributed by atoms with Crippen molar-refractivity contribution in [2.45, 2.75) is 6.92 Å². The van der Waals surface area contributed by atoms with Crippen molar-refractivity contribution in [2.24, 2.45) is 5.10 Å². The summed E-state index contributed by atoms with van der Waals surface area (Å²) in [5.74, 6) is -1.17.